The summed E-state index contributed by atoms with van der Waals surface area (Å²) < 4.78 is 0. The summed E-state index contributed by atoms with van der Waals surface area (Å²) in [5, 5.41) is 11.5. The third-order valence-corrected chi connectivity index (χ3v) is 3.72. The van der Waals surface area contributed by atoms with E-state index < -0.39 is 5.97 Å². The van der Waals surface area contributed by atoms with Crippen molar-refractivity contribution >= 4 is 23.6 Å². The van der Waals surface area contributed by atoms with Crippen LogP contribution >= 0.6 is 0 Å². The number of hydrogen-bond acceptors (Lipinski definition) is 3. The summed E-state index contributed by atoms with van der Waals surface area (Å²) >= 11 is 0. The van der Waals surface area contributed by atoms with Crippen LogP contribution in [0, 0.1) is 5.92 Å². The lowest BCUT2D eigenvalue weighted by Crippen LogP contribution is -2.32. The SMILES string of the molecule is NC1CCC(C(=O)Nc2cccc(/C=C/C(=O)O)c2)CC1. The Morgan fingerprint density at radius 1 is 1.24 bits per heavy atom. The number of carboxylic acid groups (broad SMARTS) is 1. The highest BCUT2D eigenvalue weighted by atomic mass is 16.4. The topological polar surface area (TPSA) is 92.4 Å². The van der Waals surface area contributed by atoms with Crippen molar-refractivity contribution in [2.75, 3.05) is 5.32 Å². The second-order valence-electron chi connectivity index (χ2n) is 5.40. The monoisotopic (exact) mass is 288 g/mol. The number of carbonyl (C=O) groups is 2. The third kappa shape index (κ3) is 4.72. The second-order valence-corrected chi connectivity index (χ2v) is 5.40. The molecular formula is C16H20N2O3. The first-order valence-corrected chi connectivity index (χ1v) is 7.12. The van der Waals surface area contributed by atoms with Gasteiger partial charge in [0.25, 0.3) is 0 Å². The summed E-state index contributed by atoms with van der Waals surface area (Å²) in [5.41, 5.74) is 7.26. The Bertz CT molecular complexity index is 546. The molecule has 5 nitrogen and oxygen atoms in total. The van der Waals surface area contributed by atoms with Crippen LogP contribution in [0.25, 0.3) is 6.08 Å². The fraction of sp³-hybridized carbons (Fsp3) is 0.375. The first-order valence-electron chi connectivity index (χ1n) is 7.12. The van der Waals surface area contributed by atoms with Gasteiger partial charge >= 0.3 is 5.97 Å². The van der Waals surface area contributed by atoms with Gasteiger partial charge in [0, 0.05) is 23.7 Å². The van der Waals surface area contributed by atoms with Gasteiger partial charge in [-0.05, 0) is 49.5 Å². The van der Waals surface area contributed by atoms with Crippen LogP contribution in [0.1, 0.15) is 31.2 Å². The molecule has 4 N–H and O–H groups in total. The van der Waals surface area contributed by atoms with Gasteiger partial charge in [-0.25, -0.2) is 4.79 Å². The van der Waals surface area contributed by atoms with Gasteiger partial charge in [0.2, 0.25) is 5.91 Å². The van der Waals surface area contributed by atoms with Crippen LogP contribution < -0.4 is 11.1 Å². The number of carbonyl (C=O) groups excluding carboxylic acids is 1. The minimum absolute atomic E-state index is 0.0151. The predicted molar refractivity (Wildman–Crippen MR) is 81.7 cm³/mol. The lowest BCUT2D eigenvalue weighted by Gasteiger charge is -2.25. The number of benzene rings is 1. The molecule has 1 aliphatic carbocycles. The lowest BCUT2D eigenvalue weighted by molar-refractivity contribution is -0.131. The molecule has 1 amide bonds. The van der Waals surface area contributed by atoms with Gasteiger partial charge in [0.15, 0.2) is 0 Å². The molecule has 5 heteroatoms. The number of aliphatic carboxylic acids is 1. The van der Waals surface area contributed by atoms with Crippen LogP contribution in [-0.4, -0.2) is 23.0 Å². The average molecular weight is 288 g/mol. The summed E-state index contributed by atoms with van der Waals surface area (Å²) in [7, 11) is 0. The van der Waals surface area contributed by atoms with Crippen molar-refractivity contribution in [1.29, 1.82) is 0 Å². The number of carboxylic acids is 1. The normalized spacial score (nSPS) is 22.1. The molecule has 1 aliphatic rings. The Kier molecular flexibility index (Phi) is 5.11. The highest BCUT2D eigenvalue weighted by molar-refractivity contribution is 5.93. The molecule has 0 aromatic heterocycles. The quantitative estimate of drug-likeness (QED) is 0.741. The molecule has 0 bridgehead atoms. The minimum atomic E-state index is -0.997. The molecule has 0 aliphatic heterocycles. The van der Waals surface area contributed by atoms with E-state index in [2.05, 4.69) is 5.32 Å². The van der Waals surface area contributed by atoms with E-state index in [0.717, 1.165) is 37.3 Å². The van der Waals surface area contributed by atoms with E-state index in [1.165, 1.54) is 6.08 Å². The zero-order chi connectivity index (χ0) is 15.2. The summed E-state index contributed by atoms with van der Waals surface area (Å²) in [5.74, 6) is -0.965. The van der Waals surface area contributed by atoms with Gasteiger partial charge in [0.1, 0.15) is 0 Å². The molecule has 1 aromatic carbocycles. The Balaban J connectivity index is 1.97. The van der Waals surface area contributed by atoms with Gasteiger partial charge in [-0.15, -0.1) is 0 Å². The standard InChI is InChI=1S/C16H20N2O3/c17-13-7-5-12(6-8-13)16(21)18-14-3-1-2-11(10-14)4-9-15(19)20/h1-4,9-10,12-13H,5-8,17H2,(H,18,21)(H,19,20)/b9-4+. The molecule has 0 atom stereocenters. The Labute approximate surface area is 123 Å². The van der Waals surface area contributed by atoms with Crippen LogP contribution in [0.15, 0.2) is 30.3 Å². The smallest absolute Gasteiger partial charge is 0.328 e. The van der Waals surface area contributed by atoms with E-state index in [1.807, 2.05) is 0 Å². The molecule has 1 aromatic rings. The van der Waals surface area contributed by atoms with E-state index in [1.54, 1.807) is 24.3 Å². The predicted octanol–water partition coefficient (Wildman–Crippen LogP) is 2.24. The van der Waals surface area contributed by atoms with Gasteiger partial charge in [0.05, 0.1) is 0 Å². The number of hydrogen-bond donors (Lipinski definition) is 3. The third-order valence-electron chi connectivity index (χ3n) is 3.72. The van der Waals surface area contributed by atoms with Gasteiger partial charge in [-0.3, -0.25) is 4.79 Å². The highest BCUT2D eigenvalue weighted by Gasteiger charge is 2.24. The number of amides is 1. The molecule has 0 radical (unpaired) electrons. The van der Waals surface area contributed by atoms with E-state index in [0.29, 0.717) is 5.69 Å². The number of rotatable bonds is 4. The van der Waals surface area contributed by atoms with Crippen molar-refractivity contribution in [2.45, 2.75) is 31.7 Å². The van der Waals surface area contributed by atoms with E-state index in [-0.39, 0.29) is 17.9 Å². The lowest BCUT2D eigenvalue weighted by atomic mass is 9.86. The average Bonchev–Trinajstić information content (AvgIpc) is 2.46. The van der Waals surface area contributed by atoms with Crippen molar-refractivity contribution in [3.63, 3.8) is 0 Å². The molecule has 0 spiro atoms. The van der Waals surface area contributed by atoms with Crippen LogP contribution in [0.5, 0.6) is 0 Å². The van der Waals surface area contributed by atoms with Gasteiger partial charge in [-0.2, -0.15) is 0 Å². The highest BCUT2D eigenvalue weighted by Crippen LogP contribution is 2.24. The number of nitrogens with two attached hydrogens (primary N) is 1. The number of anilines is 1. The van der Waals surface area contributed by atoms with E-state index in [4.69, 9.17) is 10.8 Å². The van der Waals surface area contributed by atoms with Crippen molar-refractivity contribution in [3.8, 4) is 0 Å². The molecule has 21 heavy (non-hydrogen) atoms. The molecular weight excluding hydrogens is 268 g/mol. The molecule has 1 saturated carbocycles. The van der Waals surface area contributed by atoms with E-state index in [9.17, 15) is 9.59 Å². The zero-order valence-corrected chi connectivity index (χ0v) is 11.8. The van der Waals surface area contributed by atoms with Gasteiger partial charge in [-0.1, -0.05) is 12.1 Å². The summed E-state index contributed by atoms with van der Waals surface area (Å²) in [6.07, 6.45) is 6.00. The van der Waals surface area contributed by atoms with Crippen LogP contribution in [0.3, 0.4) is 0 Å². The van der Waals surface area contributed by atoms with Crippen LogP contribution in [0.2, 0.25) is 0 Å². The Hall–Kier alpha value is -2.14. The fourth-order valence-corrected chi connectivity index (χ4v) is 2.51. The molecule has 1 fully saturated rings. The minimum Gasteiger partial charge on any atom is -0.478 e. The van der Waals surface area contributed by atoms with Crippen molar-refractivity contribution in [2.24, 2.45) is 11.7 Å². The first kappa shape index (κ1) is 15.3. The second kappa shape index (κ2) is 7.04. The largest absolute Gasteiger partial charge is 0.478 e. The zero-order valence-electron chi connectivity index (χ0n) is 11.8. The molecule has 0 unspecified atom stereocenters. The van der Waals surface area contributed by atoms with Crippen molar-refractivity contribution < 1.29 is 14.7 Å². The van der Waals surface area contributed by atoms with E-state index >= 15 is 0 Å². The summed E-state index contributed by atoms with van der Waals surface area (Å²) in [4.78, 5) is 22.7. The van der Waals surface area contributed by atoms with Crippen LogP contribution in [0.4, 0.5) is 5.69 Å². The molecule has 0 saturated heterocycles. The van der Waals surface area contributed by atoms with Crippen molar-refractivity contribution in [3.05, 3.63) is 35.9 Å². The number of nitrogens with one attached hydrogen (secondary N) is 1. The van der Waals surface area contributed by atoms with Gasteiger partial charge < -0.3 is 16.2 Å². The maximum absolute atomic E-state index is 12.2. The Morgan fingerprint density at radius 3 is 2.62 bits per heavy atom. The first-order chi connectivity index (χ1) is 10.0. The Morgan fingerprint density at radius 2 is 1.95 bits per heavy atom. The molecule has 0 heterocycles. The maximum Gasteiger partial charge on any atom is 0.328 e. The van der Waals surface area contributed by atoms with Crippen LogP contribution in [-0.2, 0) is 9.59 Å². The summed E-state index contributed by atoms with van der Waals surface area (Å²) in [6, 6.07) is 7.34. The molecule has 112 valence electrons. The molecule has 2 rings (SSSR count). The summed E-state index contributed by atoms with van der Waals surface area (Å²) in [6.45, 7) is 0. The maximum atomic E-state index is 12.2. The fourth-order valence-electron chi connectivity index (χ4n) is 2.51. The van der Waals surface area contributed by atoms with Crippen molar-refractivity contribution in [1.82, 2.24) is 0 Å².